The minimum atomic E-state index is 0.596. The van der Waals surface area contributed by atoms with Crippen LogP contribution < -0.4 is 0 Å². The zero-order chi connectivity index (χ0) is 12.1. The van der Waals surface area contributed by atoms with Crippen molar-refractivity contribution >= 4 is 0 Å². The maximum atomic E-state index is 8.67. The molecule has 0 bridgehead atoms. The van der Waals surface area contributed by atoms with Crippen LogP contribution in [0.25, 0.3) is 0 Å². The van der Waals surface area contributed by atoms with Gasteiger partial charge in [-0.25, -0.2) is 9.67 Å². The van der Waals surface area contributed by atoms with Crippen molar-refractivity contribution in [1.82, 2.24) is 19.7 Å². The summed E-state index contributed by atoms with van der Waals surface area (Å²) in [4.78, 5) is 6.68. The monoisotopic (exact) mass is 233 g/mol. The molecule has 0 atom stereocenters. The first-order chi connectivity index (χ1) is 8.35. The Labute approximate surface area is 102 Å². The highest BCUT2D eigenvalue weighted by Gasteiger charge is 2.29. The number of hydrogen-bond donors (Lipinski definition) is 0. The van der Waals surface area contributed by atoms with Gasteiger partial charge in [-0.1, -0.05) is 6.92 Å². The van der Waals surface area contributed by atoms with Crippen LogP contribution in [-0.4, -0.2) is 32.3 Å². The van der Waals surface area contributed by atoms with Crippen molar-refractivity contribution in [2.75, 3.05) is 6.54 Å². The van der Waals surface area contributed by atoms with Crippen molar-refractivity contribution in [2.24, 2.45) is 0 Å². The smallest absolute Gasteiger partial charge is 0.141 e. The van der Waals surface area contributed by atoms with Gasteiger partial charge in [-0.05, 0) is 19.3 Å². The summed E-state index contributed by atoms with van der Waals surface area (Å²) in [5.74, 6) is 1.02. The lowest BCUT2D eigenvalue weighted by Crippen LogP contribution is -2.28. The highest BCUT2D eigenvalue weighted by Crippen LogP contribution is 2.28. The molecule has 0 aliphatic heterocycles. The van der Waals surface area contributed by atoms with Crippen LogP contribution in [0.4, 0.5) is 0 Å². The molecule has 1 saturated carbocycles. The predicted molar refractivity (Wildman–Crippen MR) is 64.0 cm³/mol. The first kappa shape index (κ1) is 12.1. The Morgan fingerprint density at radius 1 is 1.59 bits per heavy atom. The maximum Gasteiger partial charge on any atom is 0.141 e. The summed E-state index contributed by atoms with van der Waals surface area (Å²) >= 11 is 0. The van der Waals surface area contributed by atoms with Gasteiger partial charge in [0.25, 0.3) is 0 Å². The summed E-state index contributed by atoms with van der Waals surface area (Å²) in [6.45, 7) is 4.73. The standard InChI is InChI=1S/C12H19N5/c1-2-7-17-12(14-10-15-17)9-16(8-3-6-13)11-4-5-11/h10-11H,2-5,7-9H2,1H3. The van der Waals surface area contributed by atoms with Crippen molar-refractivity contribution in [3.05, 3.63) is 12.2 Å². The van der Waals surface area contributed by atoms with Crippen LogP contribution in [0.3, 0.4) is 0 Å². The molecule has 92 valence electrons. The fourth-order valence-electron chi connectivity index (χ4n) is 2.01. The van der Waals surface area contributed by atoms with Crippen molar-refractivity contribution in [3.63, 3.8) is 0 Å². The lowest BCUT2D eigenvalue weighted by molar-refractivity contribution is 0.248. The zero-order valence-corrected chi connectivity index (χ0v) is 10.3. The van der Waals surface area contributed by atoms with Crippen molar-refractivity contribution in [2.45, 2.75) is 51.7 Å². The number of hydrogen-bond acceptors (Lipinski definition) is 4. The average molecular weight is 233 g/mol. The third-order valence-corrected chi connectivity index (χ3v) is 3.05. The van der Waals surface area contributed by atoms with Crippen LogP contribution in [0.2, 0.25) is 0 Å². The Balaban J connectivity index is 1.96. The van der Waals surface area contributed by atoms with Crippen molar-refractivity contribution in [3.8, 4) is 6.07 Å². The number of aromatic nitrogens is 3. The zero-order valence-electron chi connectivity index (χ0n) is 10.3. The van der Waals surface area contributed by atoms with E-state index in [-0.39, 0.29) is 0 Å². The second-order valence-electron chi connectivity index (χ2n) is 4.51. The van der Waals surface area contributed by atoms with Crippen LogP contribution >= 0.6 is 0 Å². The Morgan fingerprint density at radius 2 is 2.41 bits per heavy atom. The topological polar surface area (TPSA) is 57.7 Å². The maximum absolute atomic E-state index is 8.67. The molecule has 0 amide bonds. The molecular weight excluding hydrogens is 214 g/mol. The van der Waals surface area contributed by atoms with Gasteiger partial charge in [-0.2, -0.15) is 10.4 Å². The third-order valence-electron chi connectivity index (χ3n) is 3.05. The van der Waals surface area contributed by atoms with Gasteiger partial charge >= 0.3 is 0 Å². The summed E-state index contributed by atoms with van der Waals surface area (Å²) in [5.41, 5.74) is 0. The highest BCUT2D eigenvalue weighted by molar-refractivity contribution is 4.92. The van der Waals surface area contributed by atoms with Gasteiger partial charge in [0.15, 0.2) is 0 Å². The van der Waals surface area contributed by atoms with Gasteiger partial charge in [0.2, 0.25) is 0 Å². The summed E-state index contributed by atoms with van der Waals surface area (Å²) in [5, 5.41) is 12.9. The molecular formula is C12H19N5. The molecule has 0 spiro atoms. The summed E-state index contributed by atoms with van der Waals surface area (Å²) in [6, 6.07) is 2.88. The Morgan fingerprint density at radius 3 is 3.06 bits per heavy atom. The lowest BCUT2D eigenvalue weighted by atomic mass is 10.3. The van der Waals surface area contributed by atoms with E-state index in [9.17, 15) is 0 Å². The Hall–Kier alpha value is -1.41. The molecule has 0 N–H and O–H groups in total. The second kappa shape index (κ2) is 5.78. The fraction of sp³-hybridized carbons (Fsp3) is 0.750. The Kier molecular flexibility index (Phi) is 4.10. The van der Waals surface area contributed by atoms with E-state index in [0.717, 1.165) is 31.9 Å². The first-order valence-electron chi connectivity index (χ1n) is 6.32. The van der Waals surface area contributed by atoms with Crippen LogP contribution in [-0.2, 0) is 13.1 Å². The van der Waals surface area contributed by atoms with E-state index < -0.39 is 0 Å². The molecule has 1 aromatic rings. The van der Waals surface area contributed by atoms with Crippen LogP contribution in [0.5, 0.6) is 0 Å². The molecule has 0 saturated heterocycles. The van der Waals surface area contributed by atoms with Gasteiger partial charge in [0, 0.05) is 25.6 Å². The largest absolute Gasteiger partial charge is 0.292 e. The van der Waals surface area contributed by atoms with Crippen LogP contribution in [0, 0.1) is 11.3 Å². The Bertz CT molecular complexity index is 388. The van der Waals surface area contributed by atoms with Crippen molar-refractivity contribution < 1.29 is 0 Å². The van der Waals surface area contributed by atoms with E-state index in [1.165, 1.54) is 12.8 Å². The molecule has 5 heteroatoms. The van der Waals surface area contributed by atoms with Crippen LogP contribution in [0.15, 0.2) is 6.33 Å². The van der Waals surface area contributed by atoms with Gasteiger partial charge < -0.3 is 0 Å². The lowest BCUT2D eigenvalue weighted by Gasteiger charge is -2.20. The van der Waals surface area contributed by atoms with Gasteiger partial charge in [0.05, 0.1) is 12.6 Å². The normalized spacial score (nSPS) is 15.1. The first-order valence-corrected chi connectivity index (χ1v) is 6.32. The molecule has 1 aliphatic rings. The fourth-order valence-corrected chi connectivity index (χ4v) is 2.01. The minimum Gasteiger partial charge on any atom is -0.292 e. The molecule has 1 aromatic heterocycles. The molecule has 1 aliphatic carbocycles. The highest BCUT2D eigenvalue weighted by atomic mass is 15.4. The molecule has 0 aromatic carbocycles. The number of aryl methyl sites for hydroxylation is 1. The molecule has 0 unspecified atom stereocenters. The predicted octanol–water partition coefficient (Wildman–Crippen LogP) is 1.57. The molecule has 5 nitrogen and oxygen atoms in total. The van der Waals surface area contributed by atoms with E-state index >= 15 is 0 Å². The van der Waals surface area contributed by atoms with E-state index in [1.807, 2.05) is 4.68 Å². The van der Waals surface area contributed by atoms with Gasteiger partial charge in [-0.15, -0.1) is 0 Å². The number of nitrogens with zero attached hydrogens (tertiary/aromatic N) is 5. The summed E-state index contributed by atoms with van der Waals surface area (Å²) in [7, 11) is 0. The molecule has 1 fully saturated rings. The van der Waals surface area contributed by atoms with Crippen LogP contribution in [0.1, 0.15) is 38.4 Å². The average Bonchev–Trinajstić information content (AvgIpc) is 3.08. The van der Waals surface area contributed by atoms with Crippen molar-refractivity contribution in [1.29, 1.82) is 5.26 Å². The summed E-state index contributed by atoms with van der Waals surface area (Å²) in [6.07, 6.45) is 5.80. The molecule has 0 radical (unpaired) electrons. The van der Waals surface area contributed by atoms with E-state index in [4.69, 9.17) is 5.26 Å². The van der Waals surface area contributed by atoms with E-state index in [2.05, 4.69) is 28.0 Å². The second-order valence-corrected chi connectivity index (χ2v) is 4.51. The quantitative estimate of drug-likeness (QED) is 0.717. The SMILES string of the molecule is CCCn1ncnc1CN(CCC#N)C1CC1. The number of rotatable bonds is 7. The third kappa shape index (κ3) is 3.27. The number of nitriles is 1. The molecule has 17 heavy (non-hydrogen) atoms. The van der Waals surface area contributed by atoms with Gasteiger partial charge in [0.1, 0.15) is 12.2 Å². The van der Waals surface area contributed by atoms with E-state index in [0.29, 0.717) is 12.5 Å². The molecule has 2 rings (SSSR count). The summed E-state index contributed by atoms with van der Waals surface area (Å²) < 4.78 is 1.97. The van der Waals surface area contributed by atoms with E-state index in [1.54, 1.807) is 6.33 Å². The minimum absolute atomic E-state index is 0.596. The molecule has 1 heterocycles. The van der Waals surface area contributed by atoms with Gasteiger partial charge in [-0.3, -0.25) is 4.90 Å².